The Labute approximate surface area is 188 Å². The van der Waals surface area contributed by atoms with E-state index < -0.39 is 0 Å². The average Bonchev–Trinajstić information content (AvgIpc) is 2.74. The van der Waals surface area contributed by atoms with Crippen LogP contribution in [0.4, 0.5) is 0 Å². The summed E-state index contributed by atoms with van der Waals surface area (Å²) in [5, 5.41) is 6.85. The molecule has 1 rings (SSSR count). The van der Waals surface area contributed by atoms with Crippen LogP contribution in [0.25, 0.3) is 0 Å². The Kier molecular flexibility index (Phi) is 13.1. The molecule has 0 aromatic rings. The Balaban J connectivity index is 2.19. The number of amides is 2. The third-order valence-electron chi connectivity index (χ3n) is 4.14. The molecule has 0 aromatic carbocycles. The second-order valence-electron chi connectivity index (χ2n) is 6.47. The fourth-order valence-corrected chi connectivity index (χ4v) is 2.82. The van der Waals surface area contributed by atoms with Crippen molar-refractivity contribution >= 4 is 35.0 Å². The summed E-state index contributed by atoms with van der Waals surface area (Å²) >= 11 is 11.5. The van der Waals surface area contributed by atoms with Crippen LogP contribution in [0.2, 0.25) is 0 Å². The van der Waals surface area contributed by atoms with Gasteiger partial charge in [-0.1, -0.05) is 48.5 Å². The number of hydrogen-bond donors (Lipinski definition) is 2. The first-order chi connectivity index (χ1) is 14.4. The first-order valence-corrected chi connectivity index (χ1v) is 10.3. The lowest BCUT2D eigenvalue weighted by Crippen LogP contribution is -2.45. The summed E-state index contributed by atoms with van der Waals surface area (Å²) in [6.45, 7) is 6.91. The van der Waals surface area contributed by atoms with E-state index in [1.807, 2.05) is 0 Å². The number of allylic oxidation sites excluding steroid dienone is 8. The van der Waals surface area contributed by atoms with Gasteiger partial charge in [0.05, 0.1) is 12.5 Å². The van der Waals surface area contributed by atoms with E-state index in [2.05, 4.69) is 23.8 Å². The fourth-order valence-electron chi connectivity index (χ4n) is 2.68. The van der Waals surface area contributed by atoms with Gasteiger partial charge in [-0.3, -0.25) is 9.59 Å². The predicted molar refractivity (Wildman–Crippen MR) is 121 cm³/mol. The van der Waals surface area contributed by atoms with Crippen molar-refractivity contribution < 1.29 is 19.1 Å². The van der Waals surface area contributed by atoms with E-state index in [9.17, 15) is 9.59 Å². The van der Waals surface area contributed by atoms with Gasteiger partial charge in [0.1, 0.15) is 0 Å². The van der Waals surface area contributed by atoms with Crippen molar-refractivity contribution in [3.63, 3.8) is 0 Å². The van der Waals surface area contributed by atoms with E-state index >= 15 is 0 Å². The lowest BCUT2D eigenvalue weighted by Gasteiger charge is -2.29. The van der Waals surface area contributed by atoms with Crippen LogP contribution in [0, 0.1) is 0 Å². The van der Waals surface area contributed by atoms with Crippen LogP contribution < -0.4 is 10.6 Å². The van der Waals surface area contributed by atoms with E-state index in [1.165, 1.54) is 24.7 Å². The molecule has 2 N–H and O–H groups in total. The molecule has 30 heavy (non-hydrogen) atoms. The van der Waals surface area contributed by atoms with Gasteiger partial charge in [-0.2, -0.15) is 0 Å². The van der Waals surface area contributed by atoms with E-state index in [-0.39, 0.29) is 37.1 Å². The molecule has 0 heterocycles. The summed E-state index contributed by atoms with van der Waals surface area (Å²) in [6.07, 6.45) is 15.4. The molecule has 6 nitrogen and oxygen atoms in total. The Morgan fingerprint density at radius 2 is 1.17 bits per heavy atom. The second-order valence-corrected chi connectivity index (χ2v) is 7.35. The quantitative estimate of drug-likeness (QED) is 0.342. The topological polar surface area (TPSA) is 76.7 Å². The number of hydrogen-bond acceptors (Lipinski definition) is 4. The molecule has 0 bridgehead atoms. The summed E-state index contributed by atoms with van der Waals surface area (Å²) in [4.78, 5) is 23.8. The Hall–Kier alpha value is -2.44. The van der Waals surface area contributed by atoms with Gasteiger partial charge in [0.25, 0.3) is 11.8 Å². The maximum absolute atomic E-state index is 11.9. The maximum atomic E-state index is 11.9. The van der Waals surface area contributed by atoms with Crippen molar-refractivity contribution in [2.24, 2.45) is 0 Å². The smallest absolute Gasteiger partial charge is 0.258 e. The van der Waals surface area contributed by atoms with E-state index in [0.29, 0.717) is 10.1 Å². The third-order valence-corrected chi connectivity index (χ3v) is 4.70. The van der Waals surface area contributed by atoms with Crippen molar-refractivity contribution in [3.8, 4) is 0 Å². The molecule has 0 aromatic heterocycles. The van der Waals surface area contributed by atoms with Crippen molar-refractivity contribution in [2.75, 3.05) is 13.2 Å². The van der Waals surface area contributed by atoms with Gasteiger partial charge >= 0.3 is 0 Å². The zero-order chi connectivity index (χ0) is 22.2. The minimum Gasteiger partial charge on any atom is -0.491 e. The van der Waals surface area contributed by atoms with Gasteiger partial charge in [-0.15, -0.1) is 0 Å². The summed E-state index contributed by atoms with van der Waals surface area (Å²) in [5.41, 5.74) is 0. The van der Waals surface area contributed by atoms with Crippen LogP contribution in [-0.2, 0) is 19.1 Å². The van der Waals surface area contributed by atoms with E-state index in [4.69, 9.17) is 32.7 Å². The maximum Gasteiger partial charge on any atom is 0.258 e. The summed E-state index contributed by atoms with van der Waals surface area (Å²) in [5.74, 6) is -0.367. The molecule has 8 heteroatoms. The number of carbonyl (C=O) groups is 2. The van der Waals surface area contributed by atoms with Crippen molar-refractivity contribution in [1.82, 2.24) is 10.6 Å². The molecule has 1 aliphatic carbocycles. The average molecular weight is 455 g/mol. The van der Waals surface area contributed by atoms with Gasteiger partial charge in [0.2, 0.25) is 0 Å². The monoisotopic (exact) mass is 454 g/mol. The first kappa shape index (κ1) is 25.6. The summed E-state index contributed by atoms with van der Waals surface area (Å²) in [6, 6.07) is 0.155. The number of rotatable bonds is 12. The molecule has 0 saturated heterocycles. The minimum absolute atomic E-state index is 0.0647. The molecule has 0 aliphatic heterocycles. The molecule has 0 radical (unpaired) electrons. The van der Waals surface area contributed by atoms with Crippen molar-refractivity contribution in [2.45, 2.75) is 37.8 Å². The van der Waals surface area contributed by atoms with Gasteiger partial charge in [0, 0.05) is 22.1 Å². The largest absolute Gasteiger partial charge is 0.491 e. The lowest BCUT2D eigenvalue weighted by atomic mass is 9.91. The van der Waals surface area contributed by atoms with Crippen LogP contribution in [0.1, 0.15) is 25.7 Å². The normalized spacial score (nSPS) is 20.1. The van der Waals surface area contributed by atoms with Crippen LogP contribution >= 0.6 is 23.2 Å². The third kappa shape index (κ3) is 12.2. The Morgan fingerprint density at radius 1 is 0.800 bits per heavy atom. The molecular weight excluding hydrogens is 427 g/mol. The molecule has 1 aliphatic rings. The molecule has 0 unspecified atom stereocenters. The minimum atomic E-state index is -0.184. The molecule has 164 valence electrons. The predicted octanol–water partition coefficient (Wildman–Crippen LogP) is 4.21. The zero-order valence-corrected chi connectivity index (χ0v) is 18.3. The standard InChI is InChI=1S/C22H28Cl2N2O4/c1-3-17(23)7-5-13-29-15-21(27)25-19-9-11-20(12-10-19)26-22(28)16-30-14-6-8-18(24)4-2/h3-8,13-14,19-20H,1-2,9-12,15-16H2,(H,25,27)(H,26,28)/b13-5+,14-6+,17-7+,18-8+. The van der Waals surface area contributed by atoms with Gasteiger partial charge in [-0.25, -0.2) is 0 Å². The molecule has 0 atom stereocenters. The summed E-state index contributed by atoms with van der Waals surface area (Å²) in [7, 11) is 0. The Morgan fingerprint density at radius 3 is 1.50 bits per heavy atom. The molecule has 1 fully saturated rings. The van der Waals surface area contributed by atoms with Crippen molar-refractivity contribution in [1.29, 1.82) is 0 Å². The van der Waals surface area contributed by atoms with Crippen LogP contribution in [0.3, 0.4) is 0 Å². The van der Waals surface area contributed by atoms with Gasteiger partial charge < -0.3 is 20.1 Å². The van der Waals surface area contributed by atoms with Gasteiger partial charge in [0.15, 0.2) is 13.2 Å². The number of carbonyl (C=O) groups excluding carboxylic acids is 2. The SMILES string of the molecule is C=C/C(Cl)=C\C=C\OCC(=O)NC1CCC(NC(=O)CO/C=C/C=C(/Cl)C=C)CC1. The molecule has 2 amide bonds. The number of nitrogens with one attached hydrogen (secondary N) is 2. The lowest BCUT2D eigenvalue weighted by molar-refractivity contribution is -0.126. The second kappa shape index (κ2) is 15.4. The first-order valence-electron chi connectivity index (χ1n) is 9.56. The molecular formula is C22H28Cl2N2O4. The highest BCUT2D eigenvalue weighted by atomic mass is 35.5. The fraction of sp³-hybridized carbons (Fsp3) is 0.364. The highest BCUT2D eigenvalue weighted by molar-refractivity contribution is 6.31. The number of halogens is 2. The molecule has 0 spiro atoms. The molecule has 1 saturated carbocycles. The highest BCUT2D eigenvalue weighted by Gasteiger charge is 2.23. The van der Waals surface area contributed by atoms with E-state index in [0.717, 1.165) is 25.7 Å². The zero-order valence-electron chi connectivity index (χ0n) is 16.8. The van der Waals surface area contributed by atoms with Crippen LogP contribution in [0.15, 0.2) is 72.2 Å². The highest BCUT2D eigenvalue weighted by Crippen LogP contribution is 2.18. The van der Waals surface area contributed by atoms with Crippen LogP contribution in [0.5, 0.6) is 0 Å². The summed E-state index contributed by atoms with van der Waals surface area (Å²) < 4.78 is 10.3. The Bertz CT molecular complexity index is 646. The van der Waals surface area contributed by atoms with Gasteiger partial charge in [-0.05, 0) is 50.0 Å². The van der Waals surface area contributed by atoms with Crippen LogP contribution in [-0.4, -0.2) is 37.1 Å². The van der Waals surface area contributed by atoms with E-state index in [1.54, 1.807) is 24.3 Å². The van der Waals surface area contributed by atoms with Crippen molar-refractivity contribution in [3.05, 3.63) is 72.2 Å². The number of ether oxygens (including phenoxy) is 2.